The molecular formula is C30H31F2N3O5. The molecule has 4 atom stereocenters. The molecule has 210 valence electrons. The highest BCUT2D eigenvalue weighted by molar-refractivity contribution is 5.97. The number of alkyl halides is 1. The SMILES string of the molecule is Cc1c(O)cccc1C(=O)N[C@@H](Cc1ccccc1)[C@H](O)C(=O)N1C[C@@H](F)C[C@H]1C(=O)NCc1cccc(F)c1. The maximum Gasteiger partial charge on any atom is 0.254 e. The lowest BCUT2D eigenvalue weighted by Crippen LogP contribution is -2.55. The number of phenols is 1. The van der Waals surface area contributed by atoms with Gasteiger partial charge < -0.3 is 25.7 Å². The number of carbonyl (C=O) groups excluding carboxylic acids is 3. The Labute approximate surface area is 230 Å². The summed E-state index contributed by atoms with van der Waals surface area (Å²) in [6.45, 7) is 1.15. The van der Waals surface area contributed by atoms with Crippen molar-refractivity contribution in [3.63, 3.8) is 0 Å². The van der Waals surface area contributed by atoms with Gasteiger partial charge in [0.15, 0.2) is 6.10 Å². The first-order valence-corrected chi connectivity index (χ1v) is 12.9. The van der Waals surface area contributed by atoms with Crippen LogP contribution in [0.4, 0.5) is 8.78 Å². The molecule has 3 aromatic carbocycles. The molecule has 1 saturated heterocycles. The van der Waals surface area contributed by atoms with E-state index in [-0.39, 0.29) is 30.7 Å². The van der Waals surface area contributed by atoms with Gasteiger partial charge in [-0.25, -0.2) is 8.78 Å². The van der Waals surface area contributed by atoms with Crippen LogP contribution in [0.1, 0.15) is 33.5 Å². The van der Waals surface area contributed by atoms with Crippen molar-refractivity contribution in [3.05, 3.63) is 101 Å². The van der Waals surface area contributed by atoms with E-state index in [1.807, 2.05) is 0 Å². The second-order valence-electron chi connectivity index (χ2n) is 9.85. The first-order chi connectivity index (χ1) is 19.1. The number of phenolic OH excluding ortho intramolecular Hbond substituents is 1. The van der Waals surface area contributed by atoms with Gasteiger partial charge in [-0.3, -0.25) is 14.4 Å². The van der Waals surface area contributed by atoms with Crippen LogP contribution in [0.3, 0.4) is 0 Å². The summed E-state index contributed by atoms with van der Waals surface area (Å²) >= 11 is 0. The summed E-state index contributed by atoms with van der Waals surface area (Å²) in [6, 6.07) is 16.7. The molecule has 3 amide bonds. The Balaban J connectivity index is 1.52. The lowest BCUT2D eigenvalue weighted by Gasteiger charge is -2.30. The van der Waals surface area contributed by atoms with Crippen LogP contribution in [0, 0.1) is 12.7 Å². The molecule has 1 aliphatic rings. The van der Waals surface area contributed by atoms with E-state index < -0.39 is 54.4 Å². The third-order valence-electron chi connectivity index (χ3n) is 6.99. The van der Waals surface area contributed by atoms with E-state index >= 15 is 0 Å². The minimum absolute atomic E-state index is 0.0232. The Kier molecular flexibility index (Phi) is 9.11. The molecule has 1 heterocycles. The first-order valence-electron chi connectivity index (χ1n) is 12.9. The Hall–Kier alpha value is -4.31. The van der Waals surface area contributed by atoms with E-state index in [0.29, 0.717) is 11.1 Å². The number of aromatic hydroxyl groups is 1. The Morgan fingerprint density at radius 1 is 1.02 bits per heavy atom. The van der Waals surface area contributed by atoms with Gasteiger partial charge in [0, 0.05) is 24.1 Å². The van der Waals surface area contributed by atoms with E-state index in [9.17, 15) is 33.4 Å². The quantitative estimate of drug-likeness (QED) is 0.326. The van der Waals surface area contributed by atoms with Crippen molar-refractivity contribution in [1.29, 1.82) is 0 Å². The number of hydrogen-bond donors (Lipinski definition) is 4. The van der Waals surface area contributed by atoms with Gasteiger partial charge in [0.25, 0.3) is 11.8 Å². The largest absolute Gasteiger partial charge is 0.508 e. The van der Waals surface area contributed by atoms with Crippen LogP contribution in [0.2, 0.25) is 0 Å². The lowest BCUT2D eigenvalue weighted by molar-refractivity contribution is -0.146. The number of aliphatic hydroxyl groups is 1. The van der Waals surface area contributed by atoms with Crippen LogP contribution in [0.15, 0.2) is 72.8 Å². The summed E-state index contributed by atoms with van der Waals surface area (Å²) in [7, 11) is 0. The summed E-state index contributed by atoms with van der Waals surface area (Å²) in [5.74, 6) is -2.70. The summed E-state index contributed by atoms with van der Waals surface area (Å²) in [4.78, 5) is 40.5. The third-order valence-corrected chi connectivity index (χ3v) is 6.99. The Bertz CT molecular complexity index is 1370. The molecule has 10 heteroatoms. The highest BCUT2D eigenvalue weighted by atomic mass is 19.1. The maximum atomic E-state index is 14.5. The van der Waals surface area contributed by atoms with Crippen molar-refractivity contribution in [2.24, 2.45) is 0 Å². The number of rotatable bonds is 9. The van der Waals surface area contributed by atoms with Crippen molar-refractivity contribution < 1.29 is 33.4 Å². The third kappa shape index (κ3) is 6.81. The van der Waals surface area contributed by atoms with Gasteiger partial charge in [-0.1, -0.05) is 48.5 Å². The summed E-state index contributed by atoms with van der Waals surface area (Å²) < 4.78 is 28.0. The predicted octanol–water partition coefficient (Wildman–Crippen LogP) is 2.80. The minimum atomic E-state index is -1.80. The number of aliphatic hydroxyl groups excluding tert-OH is 1. The van der Waals surface area contributed by atoms with Gasteiger partial charge in [0.2, 0.25) is 5.91 Å². The molecule has 3 aromatic rings. The number of hydrogen-bond acceptors (Lipinski definition) is 5. The smallest absolute Gasteiger partial charge is 0.254 e. The van der Waals surface area contributed by atoms with Crippen molar-refractivity contribution in [2.75, 3.05) is 6.54 Å². The van der Waals surface area contributed by atoms with E-state index in [4.69, 9.17) is 0 Å². The molecule has 0 unspecified atom stereocenters. The molecule has 40 heavy (non-hydrogen) atoms. The number of amides is 3. The lowest BCUT2D eigenvalue weighted by atomic mass is 9.98. The van der Waals surface area contributed by atoms with Gasteiger partial charge in [-0.15, -0.1) is 0 Å². The topological polar surface area (TPSA) is 119 Å². The van der Waals surface area contributed by atoms with E-state index in [1.165, 1.54) is 36.4 Å². The molecule has 4 N–H and O–H groups in total. The Morgan fingerprint density at radius 2 is 1.73 bits per heavy atom. The van der Waals surface area contributed by atoms with E-state index in [1.54, 1.807) is 43.3 Å². The number of nitrogens with zero attached hydrogens (tertiary/aromatic N) is 1. The minimum Gasteiger partial charge on any atom is -0.508 e. The van der Waals surface area contributed by atoms with Gasteiger partial charge in [0.05, 0.1) is 12.6 Å². The van der Waals surface area contributed by atoms with E-state index in [0.717, 1.165) is 10.5 Å². The van der Waals surface area contributed by atoms with Crippen LogP contribution in [-0.4, -0.2) is 63.7 Å². The number of likely N-dealkylation sites (tertiary alicyclic amines) is 1. The van der Waals surface area contributed by atoms with Gasteiger partial charge in [0.1, 0.15) is 23.8 Å². The van der Waals surface area contributed by atoms with Crippen molar-refractivity contribution in [3.8, 4) is 5.75 Å². The number of benzene rings is 3. The monoisotopic (exact) mass is 551 g/mol. The molecule has 0 saturated carbocycles. The highest BCUT2D eigenvalue weighted by Crippen LogP contribution is 2.24. The molecule has 0 aliphatic carbocycles. The zero-order chi connectivity index (χ0) is 28.8. The van der Waals surface area contributed by atoms with Crippen LogP contribution in [-0.2, 0) is 22.6 Å². The number of halogens is 2. The second-order valence-corrected chi connectivity index (χ2v) is 9.85. The molecule has 0 bridgehead atoms. The fourth-order valence-corrected chi connectivity index (χ4v) is 4.80. The number of carbonyl (C=O) groups is 3. The van der Waals surface area contributed by atoms with Crippen LogP contribution in [0.5, 0.6) is 5.75 Å². The maximum absolute atomic E-state index is 14.5. The number of nitrogens with one attached hydrogen (secondary N) is 2. The summed E-state index contributed by atoms with van der Waals surface area (Å²) in [5, 5.41) is 26.5. The van der Waals surface area contributed by atoms with Gasteiger partial charge in [-0.2, -0.15) is 0 Å². The standard InChI is InChI=1S/C30H31F2N3O5/c1-18-23(11-6-12-26(18)36)28(38)34-24(14-19-7-3-2-4-8-19)27(37)30(40)35-17-22(32)15-25(35)29(39)33-16-20-9-5-10-21(31)13-20/h2-13,22,24-25,27,36-37H,14-17H2,1H3,(H,33,39)(H,34,38)/t22-,24-,25-,27-/m0/s1. The molecule has 0 aromatic heterocycles. The van der Waals surface area contributed by atoms with Crippen LogP contribution < -0.4 is 10.6 Å². The molecule has 0 spiro atoms. The molecule has 8 nitrogen and oxygen atoms in total. The van der Waals surface area contributed by atoms with Gasteiger partial charge in [-0.05, 0) is 48.7 Å². The van der Waals surface area contributed by atoms with Crippen LogP contribution in [0.25, 0.3) is 0 Å². The molecule has 0 radical (unpaired) electrons. The fraction of sp³-hybridized carbons (Fsp3) is 0.300. The average molecular weight is 552 g/mol. The van der Waals surface area contributed by atoms with Gasteiger partial charge >= 0.3 is 0 Å². The molecular weight excluding hydrogens is 520 g/mol. The summed E-state index contributed by atoms with van der Waals surface area (Å²) in [6.07, 6.45) is -3.48. The Morgan fingerprint density at radius 3 is 2.45 bits per heavy atom. The average Bonchev–Trinajstić information content (AvgIpc) is 3.34. The van der Waals surface area contributed by atoms with Crippen molar-refractivity contribution >= 4 is 17.7 Å². The van der Waals surface area contributed by atoms with E-state index in [2.05, 4.69) is 10.6 Å². The van der Waals surface area contributed by atoms with Crippen LogP contribution >= 0.6 is 0 Å². The fourth-order valence-electron chi connectivity index (χ4n) is 4.80. The normalized spacial score (nSPS) is 18.1. The second kappa shape index (κ2) is 12.7. The van der Waals surface area contributed by atoms with Crippen molar-refractivity contribution in [1.82, 2.24) is 15.5 Å². The zero-order valence-electron chi connectivity index (χ0n) is 21.9. The highest BCUT2D eigenvalue weighted by Gasteiger charge is 2.43. The molecule has 1 aliphatic heterocycles. The molecule has 4 rings (SSSR count). The predicted molar refractivity (Wildman–Crippen MR) is 144 cm³/mol. The zero-order valence-corrected chi connectivity index (χ0v) is 21.9. The summed E-state index contributed by atoms with van der Waals surface area (Å²) in [5.41, 5.74) is 1.71. The molecule has 1 fully saturated rings. The van der Waals surface area contributed by atoms with Crippen molar-refractivity contribution in [2.45, 2.75) is 50.7 Å². The first kappa shape index (κ1) is 28.7.